The van der Waals surface area contributed by atoms with E-state index in [1.54, 1.807) is 0 Å². The third kappa shape index (κ3) is 3.30. The Balaban J connectivity index is 1.61. The quantitative estimate of drug-likeness (QED) is 0.947. The van der Waals surface area contributed by atoms with Gasteiger partial charge in [-0.1, -0.05) is 19.9 Å². The number of fused-ring (bicyclic) bond motifs is 1. The van der Waals surface area contributed by atoms with Crippen LogP contribution in [0.3, 0.4) is 0 Å². The molecule has 6 nitrogen and oxygen atoms in total. The van der Waals surface area contributed by atoms with Gasteiger partial charge in [0.05, 0.1) is 0 Å². The predicted molar refractivity (Wildman–Crippen MR) is 89.4 cm³/mol. The summed E-state index contributed by atoms with van der Waals surface area (Å²) in [6.07, 6.45) is 3.87. The molecule has 1 N–H and O–H groups in total. The lowest BCUT2D eigenvalue weighted by molar-refractivity contribution is 0.174. The van der Waals surface area contributed by atoms with Crippen molar-refractivity contribution in [2.45, 2.75) is 45.6 Å². The van der Waals surface area contributed by atoms with Crippen molar-refractivity contribution in [1.29, 1.82) is 0 Å². The summed E-state index contributed by atoms with van der Waals surface area (Å²) in [5.41, 5.74) is 0.883. The van der Waals surface area contributed by atoms with Gasteiger partial charge in [-0.3, -0.25) is 4.40 Å². The van der Waals surface area contributed by atoms with Crippen LogP contribution >= 0.6 is 0 Å². The highest BCUT2D eigenvalue weighted by atomic mass is 16.2. The van der Waals surface area contributed by atoms with Gasteiger partial charge in [0.25, 0.3) is 0 Å². The predicted octanol–water partition coefficient (Wildman–Crippen LogP) is 2.66. The highest BCUT2D eigenvalue weighted by molar-refractivity contribution is 5.74. The fourth-order valence-electron chi connectivity index (χ4n) is 2.93. The average Bonchev–Trinajstić information content (AvgIpc) is 2.99. The first-order chi connectivity index (χ1) is 11.1. The number of nitrogens with one attached hydrogen (secondary N) is 1. The fraction of sp³-hybridized carbons (Fsp3) is 0.588. The molecular formula is C17H25N5O. The van der Waals surface area contributed by atoms with Gasteiger partial charge in [0, 0.05) is 31.2 Å². The fourth-order valence-corrected chi connectivity index (χ4v) is 2.93. The molecule has 2 amide bonds. The lowest BCUT2D eigenvalue weighted by Gasteiger charge is -2.32. The maximum atomic E-state index is 12.3. The van der Waals surface area contributed by atoms with E-state index >= 15 is 0 Å². The second-order valence-corrected chi connectivity index (χ2v) is 6.73. The zero-order valence-corrected chi connectivity index (χ0v) is 14.1. The van der Waals surface area contributed by atoms with Gasteiger partial charge in [0.1, 0.15) is 5.82 Å². The normalized spacial score (nSPS) is 17.7. The van der Waals surface area contributed by atoms with Crippen molar-refractivity contribution in [2.75, 3.05) is 13.1 Å². The molecule has 6 heteroatoms. The van der Waals surface area contributed by atoms with Gasteiger partial charge >= 0.3 is 6.03 Å². The largest absolute Gasteiger partial charge is 0.335 e. The Labute approximate surface area is 136 Å². The molecule has 0 saturated carbocycles. The first kappa shape index (κ1) is 15.8. The molecular weight excluding hydrogens is 290 g/mol. The molecule has 3 heterocycles. The zero-order chi connectivity index (χ0) is 16.4. The van der Waals surface area contributed by atoms with Crippen molar-refractivity contribution < 1.29 is 4.79 Å². The summed E-state index contributed by atoms with van der Waals surface area (Å²) in [5.74, 6) is 1.81. The number of hydrogen-bond donors (Lipinski definition) is 1. The molecule has 0 bridgehead atoms. The van der Waals surface area contributed by atoms with Crippen LogP contribution < -0.4 is 5.32 Å². The lowest BCUT2D eigenvalue weighted by atomic mass is 9.96. The van der Waals surface area contributed by atoms with Crippen molar-refractivity contribution in [3.8, 4) is 0 Å². The van der Waals surface area contributed by atoms with Crippen LogP contribution in [-0.4, -0.2) is 44.7 Å². The molecule has 1 atom stereocenters. The number of carbonyl (C=O) groups excluding carboxylic acids is 1. The van der Waals surface area contributed by atoms with E-state index in [4.69, 9.17) is 0 Å². The first-order valence-electron chi connectivity index (χ1n) is 8.41. The third-order valence-electron chi connectivity index (χ3n) is 4.84. The Morgan fingerprint density at radius 2 is 1.96 bits per heavy atom. The number of carbonyl (C=O) groups is 1. The molecule has 0 aromatic carbocycles. The van der Waals surface area contributed by atoms with Crippen LogP contribution in [0.25, 0.3) is 5.65 Å². The van der Waals surface area contributed by atoms with Crippen LogP contribution in [0, 0.1) is 5.92 Å². The summed E-state index contributed by atoms with van der Waals surface area (Å²) in [6, 6.07) is 6.18. The number of piperidine rings is 1. The summed E-state index contributed by atoms with van der Waals surface area (Å²) >= 11 is 0. The number of amides is 2. The smallest absolute Gasteiger partial charge is 0.317 e. The Bertz CT molecular complexity index is 672. The van der Waals surface area contributed by atoms with Crippen LogP contribution in [-0.2, 0) is 0 Å². The second kappa shape index (κ2) is 6.56. The molecule has 124 valence electrons. The highest BCUT2D eigenvalue weighted by Gasteiger charge is 2.27. The minimum absolute atomic E-state index is 0.0516. The van der Waals surface area contributed by atoms with Crippen LogP contribution in [0.4, 0.5) is 4.79 Å². The number of rotatable bonds is 3. The van der Waals surface area contributed by atoms with Gasteiger partial charge in [-0.05, 0) is 37.8 Å². The van der Waals surface area contributed by atoms with E-state index in [0.29, 0.717) is 11.8 Å². The molecule has 1 unspecified atom stereocenters. The summed E-state index contributed by atoms with van der Waals surface area (Å²) in [7, 11) is 0. The van der Waals surface area contributed by atoms with Gasteiger partial charge in [-0.15, -0.1) is 10.2 Å². The van der Waals surface area contributed by atoms with Crippen molar-refractivity contribution in [3.05, 3.63) is 30.2 Å². The summed E-state index contributed by atoms with van der Waals surface area (Å²) < 4.78 is 2.06. The van der Waals surface area contributed by atoms with E-state index in [9.17, 15) is 4.79 Å². The van der Waals surface area contributed by atoms with Gasteiger partial charge in [0.15, 0.2) is 5.65 Å². The van der Waals surface area contributed by atoms with Crippen molar-refractivity contribution in [3.63, 3.8) is 0 Å². The number of pyridine rings is 1. The molecule has 0 radical (unpaired) electrons. The minimum atomic E-state index is 0.0516. The standard InChI is InChI=1S/C17H25N5O/c1-12(2)13(3)18-17(23)21-10-7-14(8-11-21)16-20-19-15-6-4-5-9-22(15)16/h4-6,9,12-14H,7-8,10-11H2,1-3H3,(H,18,23). The van der Waals surface area contributed by atoms with Crippen LogP contribution in [0.15, 0.2) is 24.4 Å². The third-order valence-corrected chi connectivity index (χ3v) is 4.84. The zero-order valence-electron chi connectivity index (χ0n) is 14.1. The summed E-state index contributed by atoms with van der Waals surface area (Å²) in [5, 5.41) is 11.7. The van der Waals surface area contributed by atoms with Crippen LogP contribution in [0.2, 0.25) is 0 Å². The summed E-state index contributed by atoms with van der Waals surface area (Å²) in [6.45, 7) is 7.82. The highest BCUT2D eigenvalue weighted by Crippen LogP contribution is 2.27. The number of aromatic nitrogens is 3. The summed E-state index contributed by atoms with van der Waals surface area (Å²) in [4.78, 5) is 14.2. The van der Waals surface area contributed by atoms with Gasteiger partial charge in [0.2, 0.25) is 0 Å². The Morgan fingerprint density at radius 1 is 1.22 bits per heavy atom. The van der Waals surface area contributed by atoms with Crippen molar-refractivity contribution >= 4 is 11.7 Å². The number of likely N-dealkylation sites (tertiary alicyclic amines) is 1. The molecule has 2 aromatic heterocycles. The van der Waals surface area contributed by atoms with E-state index in [1.165, 1.54) is 0 Å². The van der Waals surface area contributed by atoms with Gasteiger partial charge in [-0.2, -0.15) is 0 Å². The average molecular weight is 315 g/mol. The number of urea groups is 1. The number of hydrogen-bond acceptors (Lipinski definition) is 3. The lowest BCUT2D eigenvalue weighted by Crippen LogP contribution is -2.48. The monoisotopic (exact) mass is 315 g/mol. The Hall–Kier alpha value is -2.11. The topological polar surface area (TPSA) is 62.5 Å². The van der Waals surface area contributed by atoms with Gasteiger partial charge < -0.3 is 10.2 Å². The first-order valence-corrected chi connectivity index (χ1v) is 8.41. The van der Waals surface area contributed by atoms with Gasteiger partial charge in [-0.25, -0.2) is 4.79 Å². The molecule has 1 fully saturated rings. The molecule has 3 rings (SSSR count). The van der Waals surface area contributed by atoms with Crippen LogP contribution in [0.5, 0.6) is 0 Å². The SMILES string of the molecule is CC(C)C(C)NC(=O)N1CCC(c2nnc3ccccn23)CC1. The van der Waals surface area contributed by atoms with E-state index in [0.717, 1.165) is 37.4 Å². The molecule has 0 aliphatic carbocycles. The molecule has 0 spiro atoms. The van der Waals surface area contributed by atoms with Crippen LogP contribution in [0.1, 0.15) is 45.4 Å². The maximum Gasteiger partial charge on any atom is 0.317 e. The molecule has 1 aliphatic heterocycles. The van der Waals surface area contributed by atoms with E-state index < -0.39 is 0 Å². The molecule has 23 heavy (non-hydrogen) atoms. The number of nitrogens with zero attached hydrogens (tertiary/aromatic N) is 4. The van der Waals surface area contributed by atoms with E-state index in [2.05, 4.69) is 40.7 Å². The molecule has 1 aliphatic rings. The Kier molecular flexibility index (Phi) is 4.50. The van der Waals surface area contributed by atoms with E-state index in [-0.39, 0.29) is 12.1 Å². The van der Waals surface area contributed by atoms with E-state index in [1.807, 2.05) is 29.3 Å². The second-order valence-electron chi connectivity index (χ2n) is 6.73. The van der Waals surface area contributed by atoms with Crippen molar-refractivity contribution in [1.82, 2.24) is 24.8 Å². The Morgan fingerprint density at radius 3 is 2.65 bits per heavy atom. The van der Waals surface area contributed by atoms with Crippen molar-refractivity contribution in [2.24, 2.45) is 5.92 Å². The molecule has 1 saturated heterocycles. The minimum Gasteiger partial charge on any atom is -0.335 e. The maximum absolute atomic E-state index is 12.3. The molecule has 2 aromatic rings.